The van der Waals surface area contributed by atoms with Gasteiger partial charge in [-0.1, -0.05) is 0 Å². The number of alkyl halides is 1. The van der Waals surface area contributed by atoms with Gasteiger partial charge in [0.15, 0.2) is 11.6 Å². The molecule has 0 N–H and O–H groups in total. The molecule has 0 aliphatic rings. The molecule has 0 aliphatic carbocycles. The van der Waals surface area contributed by atoms with Gasteiger partial charge in [0.25, 0.3) is 0 Å². The summed E-state index contributed by atoms with van der Waals surface area (Å²) in [4.78, 5) is 3.88. The van der Waals surface area contributed by atoms with Crippen LogP contribution in [0.15, 0.2) is 36.5 Å². The molecule has 17 heavy (non-hydrogen) atoms. The fraction of sp³-hybridized carbons (Fsp3) is 0.0833. The van der Waals surface area contributed by atoms with Gasteiger partial charge in [0.1, 0.15) is 5.82 Å². The maximum atomic E-state index is 13.3. The third-order valence-electron chi connectivity index (χ3n) is 2.06. The molecule has 0 unspecified atom stereocenters. The molecule has 5 heteroatoms. The average Bonchev–Trinajstić information content (AvgIpc) is 2.34. The largest absolute Gasteiger partial charge is 0.436 e. The Labute approximate surface area is 102 Å². The van der Waals surface area contributed by atoms with Crippen LogP contribution in [0.5, 0.6) is 11.6 Å². The summed E-state index contributed by atoms with van der Waals surface area (Å²) in [7, 11) is 0. The van der Waals surface area contributed by atoms with E-state index in [0.717, 1.165) is 23.8 Å². The number of hydrogen-bond donors (Lipinski definition) is 0. The third-order valence-corrected chi connectivity index (χ3v) is 2.37. The van der Waals surface area contributed by atoms with Crippen molar-refractivity contribution < 1.29 is 13.5 Å². The van der Waals surface area contributed by atoms with Crippen LogP contribution in [0.25, 0.3) is 0 Å². The normalized spacial score (nSPS) is 10.3. The lowest BCUT2D eigenvalue weighted by atomic mass is 10.3. The second-order valence-electron chi connectivity index (χ2n) is 3.31. The number of aromatic nitrogens is 1. The van der Waals surface area contributed by atoms with Gasteiger partial charge in [-0.05, 0) is 23.8 Å². The van der Waals surface area contributed by atoms with Crippen LogP contribution in [0.4, 0.5) is 8.78 Å². The van der Waals surface area contributed by atoms with E-state index in [9.17, 15) is 8.78 Å². The Morgan fingerprint density at radius 2 is 2.00 bits per heavy atom. The van der Waals surface area contributed by atoms with Gasteiger partial charge in [-0.15, -0.1) is 11.6 Å². The van der Waals surface area contributed by atoms with Crippen LogP contribution in [0.3, 0.4) is 0 Å². The Morgan fingerprint density at radius 1 is 1.18 bits per heavy atom. The zero-order valence-corrected chi connectivity index (χ0v) is 9.42. The molecule has 2 nitrogen and oxygen atoms in total. The summed E-state index contributed by atoms with van der Waals surface area (Å²) < 4.78 is 31.3. The molecule has 0 spiro atoms. The molecule has 0 bridgehead atoms. The van der Waals surface area contributed by atoms with Crippen molar-refractivity contribution in [3.8, 4) is 11.6 Å². The van der Waals surface area contributed by atoms with Gasteiger partial charge in [0, 0.05) is 24.2 Å². The SMILES string of the molecule is Fc1ccc(F)c(Oc2cc(CCl)ccn2)c1. The maximum Gasteiger partial charge on any atom is 0.219 e. The van der Waals surface area contributed by atoms with Gasteiger partial charge >= 0.3 is 0 Å². The molecule has 2 rings (SSSR count). The molecule has 2 aromatic rings. The molecule has 0 saturated carbocycles. The number of benzene rings is 1. The highest BCUT2D eigenvalue weighted by molar-refractivity contribution is 6.17. The summed E-state index contributed by atoms with van der Waals surface area (Å²) in [6, 6.07) is 6.25. The first-order valence-electron chi connectivity index (χ1n) is 4.83. The fourth-order valence-corrected chi connectivity index (χ4v) is 1.42. The number of rotatable bonds is 3. The van der Waals surface area contributed by atoms with Gasteiger partial charge in [-0.3, -0.25) is 0 Å². The third kappa shape index (κ3) is 2.91. The van der Waals surface area contributed by atoms with Crippen LogP contribution in [-0.2, 0) is 5.88 Å². The van der Waals surface area contributed by atoms with Gasteiger partial charge in [-0.2, -0.15) is 0 Å². The van der Waals surface area contributed by atoms with Crippen LogP contribution in [0.2, 0.25) is 0 Å². The monoisotopic (exact) mass is 255 g/mol. The number of halogens is 3. The minimum atomic E-state index is -0.649. The van der Waals surface area contributed by atoms with E-state index in [1.165, 1.54) is 6.20 Å². The fourth-order valence-electron chi connectivity index (χ4n) is 1.26. The Kier molecular flexibility index (Phi) is 3.54. The highest BCUT2D eigenvalue weighted by Crippen LogP contribution is 2.24. The van der Waals surface area contributed by atoms with Crippen molar-refractivity contribution in [2.45, 2.75) is 5.88 Å². The standard InChI is InChI=1S/C12H8ClF2NO/c13-7-8-3-4-16-12(5-8)17-11-6-9(14)1-2-10(11)15/h1-6H,7H2. The molecular weight excluding hydrogens is 248 g/mol. The predicted molar refractivity (Wildman–Crippen MR) is 60.2 cm³/mol. The number of nitrogens with zero attached hydrogens (tertiary/aromatic N) is 1. The second kappa shape index (κ2) is 5.10. The first-order chi connectivity index (χ1) is 8.19. The summed E-state index contributed by atoms with van der Waals surface area (Å²) >= 11 is 5.64. The lowest BCUT2D eigenvalue weighted by Gasteiger charge is -2.06. The van der Waals surface area contributed by atoms with Crippen molar-refractivity contribution in [3.05, 3.63) is 53.7 Å². The number of pyridine rings is 1. The topological polar surface area (TPSA) is 22.1 Å². The smallest absolute Gasteiger partial charge is 0.219 e. The predicted octanol–water partition coefficient (Wildman–Crippen LogP) is 3.89. The molecule has 0 saturated heterocycles. The summed E-state index contributed by atoms with van der Waals surface area (Å²) in [5, 5.41) is 0. The van der Waals surface area contributed by atoms with Crippen LogP contribution >= 0.6 is 11.6 Å². The van der Waals surface area contributed by atoms with E-state index in [0.29, 0.717) is 5.88 Å². The highest BCUT2D eigenvalue weighted by atomic mass is 35.5. The first kappa shape index (κ1) is 11.8. The molecule has 0 radical (unpaired) electrons. The molecule has 1 heterocycles. The summed E-state index contributed by atoms with van der Waals surface area (Å²) in [6.07, 6.45) is 1.49. The lowest BCUT2D eigenvalue weighted by molar-refractivity contribution is 0.422. The minimum Gasteiger partial charge on any atom is -0.436 e. The molecule has 1 aromatic heterocycles. The van der Waals surface area contributed by atoms with E-state index in [2.05, 4.69) is 4.98 Å². The number of hydrogen-bond acceptors (Lipinski definition) is 2. The first-order valence-corrected chi connectivity index (χ1v) is 5.36. The molecular formula is C12H8ClF2NO. The molecule has 88 valence electrons. The van der Waals surface area contributed by atoms with Crippen LogP contribution < -0.4 is 4.74 Å². The van der Waals surface area contributed by atoms with Crippen molar-refractivity contribution in [1.82, 2.24) is 4.98 Å². The van der Waals surface area contributed by atoms with Crippen molar-refractivity contribution >= 4 is 11.6 Å². The Bertz CT molecular complexity index is 534. The van der Waals surface area contributed by atoms with Crippen LogP contribution in [0, 0.1) is 11.6 Å². The molecule has 0 amide bonds. The highest BCUT2D eigenvalue weighted by Gasteiger charge is 2.07. The molecule has 1 aromatic carbocycles. The zero-order valence-electron chi connectivity index (χ0n) is 8.66. The Balaban J connectivity index is 2.27. The average molecular weight is 256 g/mol. The van der Waals surface area contributed by atoms with Crippen molar-refractivity contribution in [3.63, 3.8) is 0 Å². The van der Waals surface area contributed by atoms with Crippen molar-refractivity contribution in [2.75, 3.05) is 0 Å². The number of ether oxygens (including phenoxy) is 1. The van der Waals surface area contributed by atoms with E-state index >= 15 is 0 Å². The van der Waals surface area contributed by atoms with Crippen LogP contribution in [-0.4, -0.2) is 4.98 Å². The summed E-state index contributed by atoms with van der Waals surface area (Å²) in [5.41, 5.74) is 0.786. The van der Waals surface area contributed by atoms with E-state index < -0.39 is 11.6 Å². The van der Waals surface area contributed by atoms with E-state index in [1.807, 2.05) is 0 Å². The van der Waals surface area contributed by atoms with Crippen molar-refractivity contribution in [2.24, 2.45) is 0 Å². The molecule has 0 fully saturated rings. The van der Waals surface area contributed by atoms with E-state index in [1.54, 1.807) is 12.1 Å². The van der Waals surface area contributed by atoms with E-state index in [-0.39, 0.29) is 11.6 Å². The van der Waals surface area contributed by atoms with Crippen LogP contribution in [0.1, 0.15) is 5.56 Å². The van der Waals surface area contributed by atoms with Gasteiger partial charge in [0.05, 0.1) is 0 Å². The summed E-state index contributed by atoms with van der Waals surface area (Å²) in [6.45, 7) is 0. The Morgan fingerprint density at radius 3 is 2.76 bits per heavy atom. The molecule has 0 aliphatic heterocycles. The van der Waals surface area contributed by atoms with Gasteiger partial charge in [0.2, 0.25) is 5.88 Å². The quantitative estimate of drug-likeness (QED) is 0.776. The lowest BCUT2D eigenvalue weighted by Crippen LogP contribution is -1.92. The molecule has 0 atom stereocenters. The van der Waals surface area contributed by atoms with Gasteiger partial charge in [-0.25, -0.2) is 13.8 Å². The summed E-state index contributed by atoms with van der Waals surface area (Å²) in [5.74, 6) is -0.957. The van der Waals surface area contributed by atoms with E-state index in [4.69, 9.17) is 16.3 Å². The van der Waals surface area contributed by atoms with Crippen molar-refractivity contribution in [1.29, 1.82) is 0 Å². The minimum absolute atomic E-state index is 0.174. The maximum absolute atomic E-state index is 13.3. The second-order valence-corrected chi connectivity index (χ2v) is 3.58. The van der Waals surface area contributed by atoms with Gasteiger partial charge < -0.3 is 4.74 Å². The Hall–Kier alpha value is -1.68. The zero-order chi connectivity index (χ0) is 12.3.